The van der Waals surface area contributed by atoms with Crippen LogP contribution < -0.4 is 15.5 Å². The fourth-order valence-electron chi connectivity index (χ4n) is 7.76. The summed E-state index contributed by atoms with van der Waals surface area (Å²) in [6, 6.07) is 18.7. The zero-order chi connectivity index (χ0) is 42.9. The first-order chi connectivity index (χ1) is 28.4. The van der Waals surface area contributed by atoms with Gasteiger partial charge in [0.2, 0.25) is 11.2 Å². The van der Waals surface area contributed by atoms with Gasteiger partial charge in [-0.15, -0.1) is 0 Å². The van der Waals surface area contributed by atoms with Gasteiger partial charge >= 0.3 is 0 Å². The van der Waals surface area contributed by atoms with Crippen molar-refractivity contribution in [2.45, 2.75) is 92.4 Å². The molecule has 0 amide bonds. The molecule has 3 aliphatic rings. The Hall–Kier alpha value is -4.12. The Morgan fingerprint density at radius 3 is 1.60 bits per heavy atom. The lowest BCUT2D eigenvalue weighted by atomic mass is 9.89. The number of hydrogen-bond donors (Lipinski definition) is 4. The molecule has 11 nitrogen and oxygen atoms in total. The predicted octanol–water partition coefficient (Wildman–Crippen LogP) is 8.10. The Labute approximate surface area is 363 Å². The summed E-state index contributed by atoms with van der Waals surface area (Å²) in [5, 5.41) is 28.8. The molecule has 1 fully saturated rings. The summed E-state index contributed by atoms with van der Waals surface area (Å²) in [5.41, 5.74) is 1.76. The van der Waals surface area contributed by atoms with Crippen LogP contribution in [0.25, 0.3) is 0 Å². The summed E-state index contributed by atoms with van der Waals surface area (Å²) in [6.07, 6.45) is 3.14. The van der Waals surface area contributed by atoms with Gasteiger partial charge in [0.25, 0.3) is 0 Å². The largest absolute Gasteiger partial charge is 0.388 e. The fraction of sp³-hybridized carbons (Fsp3) is 0.395. The van der Waals surface area contributed by atoms with E-state index in [0.29, 0.717) is 74.5 Å². The third kappa shape index (κ3) is 10.1. The summed E-state index contributed by atoms with van der Waals surface area (Å²) >= 11 is 12.0. The Bertz CT molecular complexity index is 2370. The molecule has 0 bridgehead atoms. The van der Waals surface area contributed by atoms with Gasteiger partial charge in [-0.2, -0.15) is 9.97 Å². The van der Waals surface area contributed by atoms with E-state index in [9.17, 15) is 27.4 Å². The second kappa shape index (κ2) is 18.1. The monoisotopic (exact) mass is 897 g/mol. The van der Waals surface area contributed by atoms with Crippen molar-refractivity contribution in [1.82, 2.24) is 19.9 Å². The number of nitrogens with zero attached hydrogens (tertiary/aromatic N) is 5. The van der Waals surface area contributed by atoms with Gasteiger partial charge in [-0.3, -0.25) is 8.42 Å². The minimum atomic E-state index is -1.22. The number of benzene rings is 3. The summed E-state index contributed by atoms with van der Waals surface area (Å²) in [6.45, 7) is 8.26. The molecule has 3 aromatic carbocycles. The first-order valence-corrected chi connectivity index (χ1v) is 23.1. The Kier molecular flexibility index (Phi) is 13.2. The lowest BCUT2D eigenvalue weighted by Gasteiger charge is -2.34. The first kappa shape index (κ1) is 44.0. The zero-order valence-electron chi connectivity index (χ0n) is 33.6. The highest BCUT2D eigenvalue weighted by atomic mass is 35.5. The topological polar surface area (TPSA) is 153 Å². The number of hydrogen-bond acceptors (Lipinski definition) is 11. The van der Waals surface area contributed by atoms with Gasteiger partial charge in [-0.05, 0) is 111 Å². The number of fused-ring (bicyclic) bond motifs is 2. The number of aliphatic hydroxyl groups is 2. The second-order valence-corrected chi connectivity index (χ2v) is 20.0. The number of anilines is 3. The molecule has 3 aliphatic heterocycles. The van der Waals surface area contributed by atoms with Crippen LogP contribution >= 0.6 is 23.2 Å². The summed E-state index contributed by atoms with van der Waals surface area (Å²) < 4.78 is 51.9. The zero-order valence-corrected chi connectivity index (χ0v) is 36.7. The van der Waals surface area contributed by atoms with Crippen molar-refractivity contribution >= 4 is 62.4 Å². The molecule has 4 N–H and O–H groups in total. The van der Waals surface area contributed by atoms with E-state index in [1.807, 2.05) is 12.1 Å². The standard InChI is InChI=1S/C27H30ClFN4O2S.C16H17ClFN3O2S/c1-27(2,34)24(19-5-9-21(29)10-6-19)31-25-23-22(13-16-36(23)35)30-26(32-25)33-14-11-18(12-15-33)17-3-7-20(28)8-4-17;1-16(2,22)13(9-3-5-10(18)6-4-9)20-14-12-11(7-8-24(12)23)19-15(17)21-14/h3-10,18,24,34H,11-16H2,1-2H3,(H,30,31,32);3-6,13,22H,7-8H2,1-2H3,(H,19,20,21)/t24-,36?;13-,24?/m11/s1. The molecule has 17 heteroatoms. The van der Waals surface area contributed by atoms with Gasteiger partial charge < -0.3 is 25.7 Å². The maximum atomic E-state index is 13.6. The van der Waals surface area contributed by atoms with Gasteiger partial charge in [0, 0.05) is 42.5 Å². The summed E-state index contributed by atoms with van der Waals surface area (Å²) in [7, 11) is -2.43. The molecular formula is C43H47Cl2F2N7O4S2. The van der Waals surface area contributed by atoms with Crippen LogP contribution in [0.1, 0.15) is 86.6 Å². The molecule has 0 spiro atoms. The Morgan fingerprint density at radius 1 is 0.683 bits per heavy atom. The van der Waals surface area contributed by atoms with E-state index < -0.39 is 44.9 Å². The third-order valence-corrected chi connectivity index (χ3v) is 14.2. The maximum absolute atomic E-state index is 13.6. The number of aromatic nitrogens is 4. The second-order valence-electron chi connectivity index (χ2n) is 16.2. The van der Waals surface area contributed by atoms with Crippen LogP contribution in [0, 0.1) is 11.6 Å². The molecule has 2 aromatic heterocycles. The molecule has 8 rings (SSSR count). The molecule has 5 heterocycles. The molecule has 318 valence electrons. The van der Waals surface area contributed by atoms with E-state index in [1.165, 1.54) is 29.8 Å². The fourth-order valence-corrected chi connectivity index (χ4v) is 10.7. The van der Waals surface area contributed by atoms with E-state index in [-0.39, 0.29) is 16.9 Å². The number of rotatable bonds is 10. The van der Waals surface area contributed by atoms with Crippen molar-refractivity contribution in [2.75, 3.05) is 40.1 Å². The molecule has 5 aromatic rings. The van der Waals surface area contributed by atoms with Crippen LogP contribution in [0.15, 0.2) is 82.6 Å². The van der Waals surface area contributed by atoms with E-state index in [4.69, 9.17) is 33.2 Å². The number of piperidine rings is 1. The average Bonchev–Trinajstić information content (AvgIpc) is 3.77. The van der Waals surface area contributed by atoms with Gasteiger partial charge in [-0.1, -0.05) is 48.0 Å². The van der Waals surface area contributed by atoms with Gasteiger partial charge in [-0.25, -0.2) is 18.7 Å². The van der Waals surface area contributed by atoms with Gasteiger partial charge in [0.05, 0.1) is 56.3 Å². The van der Waals surface area contributed by atoms with Crippen LogP contribution in [0.2, 0.25) is 10.3 Å². The maximum Gasteiger partial charge on any atom is 0.227 e. The van der Waals surface area contributed by atoms with E-state index in [0.717, 1.165) is 36.6 Å². The van der Waals surface area contributed by atoms with Crippen molar-refractivity contribution in [3.05, 3.63) is 123 Å². The lowest BCUT2D eigenvalue weighted by Crippen LogP contribution is -2.36. The lowest BCUT2D eigenvalue weighted by molar-refractivity contribution is 0.0581. The predicted molar refractivity (Wildman–Crippen MR) is 233 cm³/mol. The highest BCUT2D eigenvalue weighted by molar-refractivity contribution is 7.85. The molecular weight excluding hydrogens is 852 g/mol. The molecule has 4 atom stereocenters. The number of halogens is 4. The minimum absolute atomic E-state index is 0.0590. The Balaban J connectivity index is 0.000000197. The van der Waals surface area contributed by atoms with E-state index in [1.54, 1.807) is 52.0 Å². The van der Waals surface area contributed by atoms with Gasteiger partial charge in [0.1, 0.15) is 33.1 Å². The van der Waals surface area contributed by atoms with Crippen LogP contribution in [-0.4, -0.2) is 74.4 Å². The van der Waals surface area contributed by atoms with Crippen molar-refractivity contribution in [1.29, 1.82) is 0 Å². The molecule has 0 saturated carbocycles. The van der Waals surface area contributed by atoms with Crippen LogP contribution in [0.5, 0.6) is 0 Å². The summed E-state index contributed by atoms with van der Waals surface area (Å²) in [5.74, 6) is 2.16. The quantitative estimate of drug-likeness (QED) is 0.101. The Morgan fingerprint density at radius 2 is 1.13 bits per heavy atom. The SMILES string of the molecule is CC(C)(O)[C@H](Nc1nc(Cl)nc2c1S(=O)CC2)c1ccc(F)cc1.CC(C)(O)[C@H](Nc1nc(N2CCC(c3ccc(Cl)cc3)CC2)nc2c1S(=O)CC2)c1ccc(F)cc1. The highest BCUT2D eigenvalue weighted by Gasteiger charge is 2.35. The number of aryl methyl sites for hydroxylation is 2. The molecule has 1 saturated heterocycles. The first-order valence-electron chi connectivity index (χ1n) is 19.7. The number of nitrogens with one attached hydrogen (secondary N) is 2. The van der Waals surface area contributed by atoms with Crippen molar-refractivity contribution in [2.24, 2.45) is 0 Å². The van der Waals surface area contributed by atoms with Gasteiger partial charge in [0.15, 0.2) is 0 Å². The highest BCUT2D eigenvalue weighted by Crippen LogP contribution is 2.38. The molecule has 60 heavy (non-hydrogen) atoms. The molecule has 0 radical (unpaired) electrons. The van der Waals surface area contributed by atoms with E-state index in [2.05, 4.69) is 37.6 Å². The van der Waals surface area contributed by atoms with Crippen LogP contribution in [0.4, 0.5) is 26.4 Å². The van der Waals surface area contributed by atoms with Crippen molar-refractivity contribution in [3.8, 4) is 0 Å². The van der Waals surface area contributed by atoms with E-state index >= 15 is 0 Å². The van der Waals surface area contributed by atoms with Crippen molar-refractivity contribution in [3.63, 3.8) is 0 Å². The normalized spacial score (nSPS) is 18.9. The minimum Gasteiger partial charge on any atom is -0.388 e. The molecule has 0 aliphatic carbocycles. The van der Waals surface area contributed by atoms with Crippen LogP contribution in [-0.2, 0) is 34.4 Å². The van der Waals surface area contributed by atoms with Crippen molar-refractivity contribution < 1.29 is 27.4 Å². The molecule has 2 unspecified atom stereocenters. The third-order valence-electron chi connectivity index (χ3n) is 10.8. The summed E-state index contributed by atoms with van der Waals surface area (Å²) in [4.78, 5) is 21.2. The smallest absolute Gasteiger partial charge is 0.227 e. The van der Waals surface area contributed by atoms with Crippen LogP contribution in [0.3, 0.4) is 0 Å². The average molecular weight is 899 g/mol.